The molecule has 1 aliphatic heterocycles. The normalized spacial score (nSPS) is 23.7. The minimum atomic E-state index is -0.849. The Balaban J connectivity index is 2.09. The van der Waals surface area contributed by atoms with Crippen LogP contribution in [0.1, 0.15) is 30.1 Å². The topological polar surface area (TPSA) is 12.0 Å². The lowest BCUT2D eigenvalue weighted by atomic mass is 10.0. The van der Waals surface area contributed by atoms with Gasteiger partial charge in [-0.15, -0.1) is 0 Å². The van der Waals surface area contributed by atoms with Crippen LogP contribution < -0.4 is 5.32 Å². The summed E-state index contributed by atoms with van der Waals surface area (Å²) in [5.74, 6) is 0. The van der Waals surface area contributed by atoms with Gasteiger partial charge in [0.05, 0.1) is 0 Å². The third kappa shape index (κ3) is 1.95. The van der Waals surface area contributed by atoms with E-state index in [1.54, 1.807) is 0 Å². The van der Waals surface area contributed by atoms with Gasteiger partial charge < -0.3 is 5.32 Å². The van der Waals surface area contributed by atoms with Crippen LogP contribution in [-0.4, -0.2) is 12.6 Å². The molecule has 1 aromatic rings. The summed E-state index contributed by atoms with van der Waals surface area (Å²) in [6, 6.07) is 7.74. The second kappa shape index (κ2) is 4.09. The molecule has 2 atom stereocenters. The maximum Gasteiger partial charge on any atom is 0.140 e. The number of alkyl halides is 1. The molecular weight excluding hydrogens is 177 g/mol. The first kappa shape index (κ1) is 9.66. The highest BCUT2D eigenvalue weighted by atomic mass is 19.1. The number of nitrogens with one attached hydrogen (secondary N) is 1. The monoisotopic (exact) mass is 193 g/mol. The van der Waals surface area contributed by atoms with E-state index in [-0.39, 0.29) is 6.04 Å². The molecule has 1 aliphatic rings. The first-order valence-electron chi connectivity index (χ1n) is 5.21. The number of hydrogen-bond donors (Lipinski definition) is 1. The number of aryl methyl sites for hydroxylation is 1. The predicted molar refractivity (Wildman–Crippen MR) is 56.1 cm³/mol. The summed E-state index contributed by atoms with van der Waals surface area (Å²) in [6.45, 7) is 2.97. The third-order valence-corrected chi connectivity index (χ3v) is 2.85. The Morgan fingerprint density at radius 1 is 1.36 bits per heavy atom. The molecule has 2 unspecified atom stereocenters. The molecule has 1 fully saturated rings. The summed E-state index contributed by atoms with van der Waals surface area (Å²) >= 11 is 0. The van der Waals surface area contributed by atoms with Crippen LogP contribution in [-0.2, 0) is 0 Å². The molecule has 0 bridgehead atoms. The minimum Gasteiger partial charge on any atom is -0.311 e. The molecule has 0 aliphatic carbocycles. The molecule has 76 valence electrons. The van der Waals surface area contributed by atoms with E-state index >= 15 is 0 Å². The van der Waals surface area contributed by atoms with E-state index in [9.17, 15) is 4.39 Å². The zero-order valence-electron chi connectivity index (χ0n) is 8.46. The standard InChI is InChI=1S/C12H16FN/c1-9-4-6-10(7-5-9)12(13)11-3-2-8-14-11/h4-7,11-12,14H,2-3,8H2,1H3. The van der Waals surface area contributed by atoms with Crippen molar-refractivity contribution in [1.29, 1.82) is 0 Å². The Bertz CT molecular complexity index is 288. The van der Waals surface area contributed by atoms with Crippen molar-refractivity contribution in [1.82, 2.24) is 5.32 Å². The van der Waals surface area contributed by atoms with Gasteiger partial charge in [-0.25, -0.2) is 4.39 Å². The van der Waals surface area contributed by atoms with Crippen LogP contribution in [0.3, 0.4) is 0 Å². The fourth-order valence-corrected chi connectivity index (χ4v) is 1.94. The molecule has 1 nitrogen and oxygen atoms in total. The molecule has 2 rings (SSSR count). The Labute approximate surface area is 84.3 Å². The maximum atomic E-state index is 13.9. The Morgan fingerprint density at radius 2 is 2.07 bits per heavy atom. The Kier molecular flexibility index (Phi) is 2.82. The van der Waals surface area contributed by atoms with Gasteiger partial charge in [0.1, 0.15) is 6.17 Å². The third-order valence-electron chi connectivity index (χ3n) is 2.85. The summed E-state index contributed by atoms with van der Waals surface area (Å²) in [5.41, 5.74) is 1.98. The van der Waals surface area contributed by atoms with Gasteiger partial charge in [-0.2, -0.15) is 0 Å². The van der Waals surface area contributed by atoms with Crippen LogP contribution in [0.5, 0.6) is 0 Å². The minimum absolute atomic E-state index is 0.0257. The SMILES string of the molecule is Cc1ccc(C(F)C2CCCN2)cc1. The van der Waals surface area contributed by atoms with Crippen molar-refractivity contribution in [2.45, 2.75) is 32.0 Å². The summed E-state index contributed by atoms with van der Waals surface area (Å²) in [4.78, 5) is 0. The van der Waals surface area contributed by atoms with Crippen molar-refractivity contribution in [3.05, 3.63) is 35.4 Å². The largest absolute Gasteiger partial charge is 0.311 e. The highest BCUT2D eigenvalue weighted by molar-refractivity contribution is 5.24. The Hall–Kier alpha value is -0.890. The first-order valence-corrected chi connectivity index (χ1v) is 5.21. The quantitative estimate of drug-likeness (QED) is 0.761. The molecule has 1 heterocycles. The van der Waals surface area contributed by atoms with E-state index in [2.05, 4.69) is 5.32 Å². The highest BCUT2D eigenvalue weighted by Crippen LogP contribution is 2.26. The lowest BCUT2D eigenvalue weighted by molar-refractivity contribution is 0.271. The summed E-state index contributed by atoms with van der Waals surface area (Å²) in [5, 5.41) is 3.19. The summed E-state index contributed by atoms with van der Waals surface area (Å²) in [6.07, 6.45) is 1.20. The molecule has 0 radical (unpaired) electrons. The van der Waals surface area contributed by atoms with Gasteiger partial charge in [-0.05, 0) is 31.9 Å². The first-order chi connectivity index (χ1) is 6.77. The molecule has 1 saturated heterocycles. The molecule has 0 aromatic heterocycles. The van der Waals surface area contributed by atoms with Crippen LogP contribution in [0, 0.1) is 6.92 Å². The van der Waals surface area contributed by atoms with Crippen LogP contribution >= 0.6 is 0 Å². The molecule has 0 saturated carbocycles. The number of benzene rings is 1. The van der Waals surface area contributed by atoms with Crippen molar-refractivity contribution < 1.29 is 4.39 Å². The van der Waals surface area contributed by atoms with Gasteiger partial charge in [0.15, 0.2) is 0 Å². The van der Waals surface area contributed by atoms with E-state index in [4.69, 9.17) is 0 Å². The van der Waals surface area contributed by atoms with Gasteiger partial charge in [0, 0.05) is 6.04 Å². The van der Waals surface area contributed by atoms with Crippen LogP contribution in [0.4, 0.5) is 4.39 Å². The van der Waals surface area contributed by atoms with Gasteiger partial charge in [0.25, 0.3) is 0 Å². The van der Waals surface area contributed by atoms with Crippen molar-refractivity contribution in [3.8, 4) is 0 Å². The smallest absolute Gasteiger partial charge is 0.140 e. The van der Waals surface area contributed by atoms with Crippen LogP contribution in [0.25, 0.3) is 0 Å². The molecule has 0 spiro atoms. The lowest BCUT2D eigenvalue weighted by Crippen LogP contribution is -2.26. The van der Waals surface area contributed by atoms with Gasteiger partial charge >= 0.3 is 0 Å². The fourth-order valence-electron chi connectivity index (χ4n) is 1.94. The number of halogens is 1. The molecule has 2 heteroatoms. The molecule has 1 N–H and O–H groups in total. The second-order valence-electron chi connectivity index (χ2n) is 4.02. The van der Waals surface area contributed by atoms with Gasteiger partial charge in [-0.1, -0.05) is 29.8 Å². The molecule has 0 amide bonds. The zero-order valence-corrected chi connectivity index (χ0v) is 8.46. The van der Waals surface area contributed by atoms with Crippen molar-refractivity contribution >= 4 is 0 Å². The zero-order chi connectivity index (χ0) is 9.97. The average molecular weight is 193 g/mol. The Morgan fingerprint density at radius 3 is 2.64 bits per heavy atom. The highest BCUT2D eigenvalue weighted by Gasteiger charge is 2.25. The molecule has 1 aromatic carbocycles. The average Bonchev–Trinajstić information content (AvgIpc) is 2.71. The van der Waals surface area contributed by atoms with E-state index in [1.165, 1.54) is 5.56 Å². The number of hydrogen-bond acceptors (Lipinski definition) is 1. The van der Waals surface area contributed by atoms with E-state index in [1.807, 2.05) is 31.2 Å². The summed E-state index contributed by atoms with van der Waals surface area (Å²) < 4.78 is 13.9. The van der Waals surface area contributed by atoms with Crippen molar-refractivity contribution in [2.75, 3.05) is 6.54 Å². The molecule has 14 heavy (non-hydrogen) atoms. The molecular formula is C12H16FN. The predicted octanol–water partition coefficient (Wildman–Crippen LogP) is 2.76. The van der Waals surface area contributed by atoms with Crippen molar-refractivity contribution in [2.24, 2.45) is 0 Å². The number of rotatable bonds is 2. The van der Waals surface area contributed by atoms with Crippen LogP contribution in [0.15, 0.2) is 24.3 Å². The van der Waals surface area contributed by atoms with Crippen molar-refractivity contribution in [3.63, 3.8) is 0 Å². The fraction of sp³-hybridized carbons (Fsp3) is 0.500. The summed E-state index contributed by atoms with van der Waals surface area (Å²) in [7, 11) is 0. The van der Waals surface area contributed by atoms with Gasteiger partial charge in [-0.3, -0.25) is 0 Å². The van der Waals surface area contributed by atoms with E-state index < -0.39 is 6.17 Å². The van der Waals surface area contributed by atoms with Crippen LogP contribution in [0.2, 0.25) is 0 Å². The lowest BCUT2D eigenvalue weighted by Gasteiger charge is -2.16. The maximum absolute atomic E-state index is 13.9. The second-order valence-corrected chi connectivity index (χ2v) is 4.02. The van der Waals surface area contributed by atoms with Gasteiger partial charge in [0.2, 0.25) is 0 Å². The van der Waals surface area contributed by atoms with E-state index in [0.717, 1.165) is 24.9 Å². The van der Waals surface area contributed by atoms with E-state index in [0.29, 0.717) is 0 Å².